The number of hydrogen-bond acceptors (Lipinski definition) is 5. The molecule has 0 aliphatic carbocycles. The van der Waals surface area contributed by atoms with Crippen LogP contribution in [0, 0.1) is 0 Å². The van der Waals surface area contributed by atoms with Gasteiger partial charge in [-0.05, 0) is 12.8 Å². The van der Waals surface area contributed by atoms with Gasteiger partial charge in [-0.2, -0.15) is 5.10 Å². The second kappa shape index (κ2) is 9.45. The number of carboxylic acids is 1. The summed E-state index contributed by atoms with van der Waals surface area (Å²) >= 11 is 0. The Bertz CT molecular complexity index is 702. The van der Waals surface area contributed by atoms with E-state index in [4.69, 9.17) is 5.11 Å². The average molecular weight is 359 g/mol. The van der Waals surface area contributed by atoms with Crippen LogP contribution in [0.15, 0.2) is 35.4 Å². The molecule has 0 spiro atoms. The molecule has 1 aliphatic rings. The van der Waals surface area contributed by atoms with Gasteiger partial charge in [-0.15, -0.1) is 0 Å². The monoisotopic (exact) mass is 359 g/mol. The van der Waals surface area contributed by atoms with Crippen molar-refractivity contribution in [1.82, 2.24) is 10.3 Å². The maximum atomic E-state index is 12.0. The normalized spacial score (nSPS) is 16.9. The summed E-state index contributed by atoms with van der Waals surface area (Å²) in [5.41, 5.74) is 0.442. The molecule has 1 aliphatic heterocycles. The molecule has 1 unspecified atom stereocenters. The smallest absolute Gasteiger partial charge is 0.345 e. The van der Waals surface area contributed by atoms with Crippen molar-refractivity contribution in [2.24, 2.45) is 5.10 Å². The third kappa shape index (κ3) is 5.51. The molecule has 8 heteroatoms. The van der Waals surface area contributed by atoms with Gasteiger partial charge in [0.1, 0.15) is 6.04 Å². The number of hydrazone groups is 1. The average Bonchev–Trinajstić information content (AvgIpc) is 2.89. The van der Waals surface area contributed by atoms with Crippen LogP contribution in [0.1, 0.15) is 48.9 Å². The van der Waals surface area contributed by atoms with Gasteiger partial charge in [0.2, 0.25) is 5.78 Å². The second-order valence-corrected chi connectivity index (χ2v) is 5.98. The highest BCUT2D eigenvalue weighted by Crippen LogP contribution is 2.17. The molecule has 26 heavy (non-hydrogen) atoms. The van der Waals surface area contributed by atoms with E-state index in [2.05, 4.69) is 10.4 Å². The molecule has 3 amide bonds. The van der Waals surface area contributed by atoms with Gasteiger partial charge < -0.3 is 5.11 Å². The fourth-order valence-electron chi connectivity index (χ4n) is 2.64. The Kier molecular flexibility index (Phi) is 7.02. The topological polar surface area (TPSA) is 116 Å². The number of hydrogen-bond donors (Lipinski definition) is 2. The van der Waals surface area contributed by atoms with Crippen molar-refractivity contribution in [2.45, 2.75) is 44.6 Å². The van der Waals surface area contributed by atoms with Crippen LogP contribution in [0.5, 0.6) is 0 Å². The van der Waals surface area contributed by atoms with Crippen LogP contribution in [-0.2, 0) is 9.59 Å². The fourth-order valence-corrected chi connectivity index (χ4v) is 2.64. The number of carbonyl (C=O) groups excluding carboxylic acids is 3. The van der Waals surface area contributed by atoms with Crippen molar-refractivity contribution in [2.75, 3.05) is 0 Å². The Labute approximate surface area is 150 Å². The number of nitrogens with zero attached hydrogens (tertiary/aromatic N) is 2. The minimum atomic E-state index is -0.825. The quantitative estimate of drug-likeness (QED) is 0.287. The van der Waals surface area contributed by atoms with Gasteiger partial charge in [0.15, 0.2) is 0 Å². The minimum absolute atomic E-state index is 0.125. The number of carbonyl (C=O) groups is 4. The highest BCUT2D eigenvalue weighted by atomic mass is 16.4. The van der Waals surface area contributed by atoms with Crippen molar-refractivity contribution in [3.8, 4) is 0 Å². The Hall–Kier alpha value is -3.03. The van der Waals surface area contributed by atoms with Crippen LogP contribution in [0.4, 0.5) is 4.79 Å². The molecule has 1 saturated heterocycles. The van der Waals surface area contributed by atoms with E-state index in [0.29, 0.717) is 24.8 Å². The van der Waals surface area contributed by atoms with Gasteiger partial charge in [-0.25, -0.2) is 9.80 Å². The highest BCUT2D eigenvalue weighted by Gasteiger charge is 2.38. The van der Waals surface area contributed by atoms with E-state index >= 15 is 0 Å². The third-order valence-corrected chi connectivity index (χ3v) is 4.01. The summed E-state index contributed by atoms with van der Waals surface area (Å²) in [4.78, 5) is 46.3. The molecule has 1 atom stereocenters. The number of amides is 3. The van der Waals surface area contributed by atoms with E-state index in [1.807, 2.05) is 0 Å². The summed E-state index contributed by atoms with van der Waals surface area (Å²) in [6.07, 6.45) is 4.30. The van der Waals surface area contributed by atoms with Gasteiger partial charge in [-0.1, -0.05) is 49.6 Å². The predicted octanol–water partition coefficient (Wildman–Crippen LogP) is 2.20. The van der Waals surface area contributed by atoms with Crippen LogP contribution >= 0.6 is 0 Å². The number of ketones is 1. The molecule has 1 fully saturated rings. The summed E-state index contributed by atoms with van der Waals surface area (Å²) in [5.74, 6) is -1.62. The van der Waals surface area contributed by atoms with Gasteiger partial charge in [0.25, 0.3) is 5.91 Å². The molecule has 2 rings (SSSR count). The molecule has 1 heterocycles. The number of imide groups is 1. The lowest BCUT2D eigenvalue weighted by Crippen LogP contribution is -2.31. The number of aliphatic carboxylic acids is 1. The standard InChI is InChI=1S/C18H21N3O5/c22-15(13-8-4-3-5-9-13)12-19-21-14(17(25)20-18(21)26)10-6-1-2-7-11-16(23)24/h3-5,8-9,12,14H,1-2,6-7,10-11H2,(H,23,24)(H,20,25,26). The highest BCUT2D eigenvalue weighted by molar-refractivity contribution is 6.35. The molecule has 0 aromatic heterocycles. The third-order valence-electron chi connectivity index (χ3n) is 4.01. The first-order valence-electron chi connectivity index (χ1n) is 8.48. The van der Waals surface area contributed by atoms with Crippen molar-refractivity contribution in [3.63, 3.8) is 0 Å². The number of urea groups is 1. The number of carboxylic acid groups (broad SMARTS) is 1. The van der Waals surface area contributed by atoms with Crippen molar-refractivity contribution >= 4 is 29.9 Å². The molecule has 1 aromatic rings. The molecule has 0 radical (unpaired) electrons. The molecule has 138 valence electrons. The largest absolute Gasteiger partial charge is 0.481 e. The fraction of sp³-hybridized carbons (Fsp3) is 0.389. The molecule has 2 N–H and O–H groups in total. The first kappa shape index (κ1) is 19.3. The Balaban J connectivity index is 1.88. The SMILES string of the molecule is O=C(O)CCCCCCC1C(=O)NC(=O)N1N=CC(=O)c1ccccc1. The van der Waals surface area contributed by atoms with Gasteiger partial charge >= 0.3 is 12.0 Å². The molecule has 8 nitrogen and oxygen atoms in total. The predicted molar refractivity (Wildman–Crippen MR) is 93.8 cm³/mol. The lowest BCUT2D eigenvalue weighted by molar-refractivity contribution is -0.137. The summed E-state index contributed by atoms with van der Waals surface area (Å²) in [7, 11) is 0. The van der Waals surface area contributed by atoms with E-state index < -0.39 is 23.9 Å². The maximum Gasteiger partial charge on any atom is 0.345 e. The Morgan fingerprint density at radius 3 is 2.50 bits per heavy atom. The zero-order valence-corrected chi connectivity index (χ0v) is 14.3. The zero-order valence-electron chi connectivity index (χ0n) is 14.3. The zero-order chi connectivity index (χ0) is 18.9. The number of nitrogens with one attached hydrogen (secondary N) is 1. The van der Waals surface area contributed by atoms with E-state index in [1.54, 1.807) is 30.3 Å². The number of unbranched alkanes of at least 4 members (excludes halogenated alkanes) is 3. The van der Waals surface area contributed by atoms with Crippen LogP contribution in [0.3, 0.4) is 0 Å². The molecule has 0 saturated carbocycles. The van der Waals surface area contributed by atoms with Gasteiger partial charge in [0, 0.05) is 12.0 Å². The van der Waals surface area contributed by atoms with E-state index in [1.165, 1.54) is 0 Å². The lowest BCUT2D eigenvalue weighted by Gasteiger charge is -2.15. The minimum Gasteiger partial charge on any atom is -0.481 e. The Morgan fingerprint density at radius 1 is 1.12 bits per heavy atom. The first-order valence-corrected chi connectivity index (χ1v) is 8.48. The van der Waals surface area contributed by atoms with E-state index in [-0.39, 0.29) is 12.2 Å². The van der Waals surface area contributed by atoms with Crippen LogP contribution < -0.4 is 5.32 Å². The number of benzene rings is 1. The maximum absolute atomic E-state index is 12.0. The van der Waals surface area contributed by atoms with Crippen molar-refractivity contribution in [1.29, 1.82) is 0 Å². The summed E-state index contributed by atoms with van der Waals surface area (Å²) in [5, 5.41) is 15.7. The van der Waals surface area contributed by atoms with Crippen LogP contribution in [-0.4, -0.2) is 46.1 Å². The summed E-state index contributed by atoms with van der Waals surface area (Å²) < 4.78 is 0. The second-order valence-electron chi connectivity index (χ2n) is 5.98. The molecule has 0 bridgehead atoms. The molecular weight excluding hydrogens is 338 g/mol. The van der Waals surface area contributed by atoms with Crippen molar-refractivity contribution < 1.29 is 24.3 Å². The molecule has 1 aromatic carbocycles. The van der Waals surface area contributed by atoms with E-state index in [0.717, 1.165) is 24.1 Å². The first-order chi connectivity index (χ1) is 12.5. The van der Waals surface area contributed by atoms with Crippen LogP contribution in [0.25, 0.3) is 0 Å². The van der Waals surface area contributed by atoms with Gasteiger partial charge in [0.05, 0.1) is 6.21 Å². The van der Waals surface area contributed by atoms with E-state index in [9.17, 15) is 19.2 Å². The number of rotatable bonds is 10. The van der Waals surface area contributed by atoms with Crippen molar-refractivity contribution in [3.05, 3.63) is 35.9 Å². The summed E-state index contributed by atoms with van der Waals surface area (Å²) in [6, 6.07) is 7.11. The van der Waals surface area contributed by atoms with Gasteiger partial charge in [-0.3, -0.25) is 19.7 Å². The summed E-state index contributed by atoms with van der Waals surface area (Å²) in [6.45, 7) is 0. The van der Waals surface area contributed by atoms with Crippen LogP contribution in [0.2, 0.25) is 0 Å². The Morgan fingerprint density at radius 2 is 1.81 bits per heavy atom. The number of Topliss-reactive ketones (excluding diaryl/α,β-unsaturated/α-hetero) is 1. The lowest BCUT2D eigenvalue weighted by atomic mass is 10.1. The molecular formula is C18H21N3O5.